The lowest BCUT2D eigenvalue weighted by Gasteiger charge is -2.06. The van der Waals surface area contributed by atoms with Crippen LogP contribution in [0.3, 0.4) is 0 Å². The van der Waals surface area contributed by atoms with E-state index in [1.54, 1.807) is 23.0 Å². The number of hydrogen-bond acceptors (Lipinski definition) is 4. The number of nitrogens with zero attached hydrogens (tertiary/aromatic N) is 4. The molecule has 2 heterocycles. The molecule has 0 aliphatic heterocycles. The van der Waals surface area contributed by atoms with Gasteiger partial charge in [-0.05, 0) is 26.0 Å². The van der Waals surface area contributed by atoms with Crippen molar-refractivity contribution in [3.05, 3.63) is 35.4 Å². The van der Waals surface area contributed by atoms with E-state index in [0.717, 1.165) is 11.4 Å². The maximum absolute atomic E-state index is 8.93. The van der Waals surface area contributed by atoms with Crippen LogP contribution in [0.15, 0.2) is 18.3 Å². The lowest BCUT2D eigenvalue weighted by molar-refractivity contribution is 0.470. The highest BCUT2D eigenvalue weighted by molar-refractivity contribution is 5.42. The van der Waals surface area contributed by atoms with Gasteiger partial charge in [-0.1, -0.05) is 0 Å². The Morgan fingerprint density at radius 1 is 1.41 bits per heavy atom. The van der Waals surface area contributed by atoms with Crippen LogP contribution in [0.25, 0.3) is 0 Å². The zero-order valence-corrected chi connectivity index (χ0v) is 9.93. The summed E-state index contributed by atoms with van der Waals surface area (Å²) in [5, 5.41) is 13.2. The molecule has 0 aliphatic rings. The third-order valence-electron chi connectivity index (χ3n) is 2.53. The zero-order valence-electron chi connectivity index (χ0n) is 9.93. The van der Waals surface area contributed by atoms with Crippen LogP contribution < -0.4 is 4.74 Å². The highest BCUT2D eigenvalue weighted by Gasteiger charge is 2.13. The molecule has 0 aromatic carbocycles. The van der Waals surface area contributed by atoms with Crippen molar-refractivity contribution in [2.24, 2.45) is 7.05 Å². The van der Waals surface area contributed by atoms with Crippen LogP contribution in [0.1, 0.15) is 17.1 Å². The molecule has 0 fully saturated rings. The summed E-state index contributed by atoms with van der Waals surface area (Å²) in [5.41, 5.74) is 1.98. The van der Waals surface area contributed by atoms with Crippen LogP contribution in [-0.4, -0.2) is 14.8 Å². The SMILES string of the molecule is Cc1nn(C)c(C)c1Oc1cccnc1C#N. The predicted octanol–water partition coefficient (Wildman–Crippen LogP) is 2.10. The molecule has 0 unspecified atom stereocenters. The minimum atomic E-state index is 0.273. The molecule has 0 aliphatic carbocycles. The Kier molecular flexibility index (Phi) is 2.79. The monoisotopic (exact) mass is 228 g/mol. The van der Waals surface area contributed by atoms with Gasteiger partial charge in [-0.15, -0.1) is 0 Å². The molecule has 0 bridgehead atoms. The highest BCUT2D eigenvalue weighted by Crippen LogP contribution is 2.28. The van der Waals surface area contributed by atoms with Gasteiger partial charge in [0.25, 0.3) is 0 Å². The third kappa shape index (κ3) is 1.97. The van der Waals surface area contributed by atoms with E-state index in [-0.39, 0.29) is 5.69 Å². The summed E-state index contributed by atoms with van der Waals surface area (Å²) in [6, 6.07) is 5.45. The highest BCUT2D eigenvalue weighted by atomic mass is 16.5. The van der Waals surface area contributed by atoms with Gasteiger partial charge in [0.1, 0.15) is 11.8 Å². The second-order valence-electron chi connectivity index (χ2n) is 3.69. The summed E-state index contributed by atoms with van der Waals surface area (Å²) in [6.07, 6.45) is 1.56. The van der Waals surface area contributed by atoms with E-state index in [1.807, 2.05) is 27.0 Å². The second-order valence-corrected chi connectivity index (χ2v) is 3.69. The summed E-state index contributed by atoms with van der Waals surface area (Å²) >= 11 is 0. The van der Waals surface area contributed by atoms with Gasteiger partial charge in [0.05, 0.1) is 5.69 Å². The Balaban J connectivity index is 2.42. The van der Waals surface area contributed by atoms with Gasteiger partial charge in [0.15, 0.2) is 17.2 Å². The Bertz CT molecular complexity index is 595. The van der Waals surface area contributed by atoms with Crippen molar-refractivity contribution in [2.75, 3.05) is 0 Å². The average Bonchev–Trinajstić information content (AvgIpc) is 2.57. The standard InChI is InChI=1S/C12H12N4O/c1-8-12(9(2)16(3)15-8)17-11-5-4-6-14-10(11)7-13/h4-6H,1-3H3. The number of rotatable bonds is 2. The molecule has 0 N–H and O–H groups in total. The van der Waals surface area contributed by atoms with Crippen LogP contribution in [-0.2, 0) is 7.05 Å². The Hall–Kier alpha value is -2.35. The number of aryl methyl sites for hydroxylation is 2. The van der Waals surface area contributed by atoms with Gasteiger partial charge in [-0.3, -0.25) is 4.68 Å². The molecule has 0 amide bonds. The first-order valence-corrected chi connectivity index (χ1v) is 5.16. The molecule has 0 atom stereocenters. The fourth-order valence-corrected chi connectivity index (χ4v) is 1.57. The Labute approximate surface area is 99.3 Å². The summed E-state index contributed by atoms with van der Waals surface area (Å²) in [6.45, 7) is 3.78. The van der Waals surface area contributed by atoms with Crippen molar-refractivity contribution in [1.29, 1.82) is 5.26 Å². The molecule has 2 aromatic heterocycles. The number of pyridine rings is 1. The number of hydrogen-bond donors (Lipinski definition) is 0. The zero-order chi connectivity index (χ0) is 12.4. The number of aromatic nitrogens is 3. The van der Waals surface area contributed by atoms with E-state index < -0.39 is 0 Å². The van der Waals surface area contributed by atoms with Gasteiger partial charge in [-0.25, -0.2) is 4.98 Å². The number of ether oxygens (including phenoxy) is 1. The van der Waals surface area contributed by atoms with Crippen molar-refractivity contribution >= 4 is 0 Å². The van der Waals surface area contributed by atoms with Crippen LogP contribution in [0.2, 0.25) is 0 Å². The van der Waals surface area contributed by atoms with Crippen molar-refractivity contribution in [1.82, 2.24) is 14.8 Å². The molecule has 5 nitrogen and oxygen atoms in total. The first kappa shape index (κ1) is 11.1. The predicted molar refractivity (Wildman–Crippen MR) is 61.7 cm³/mol. The van der Waals surface area contributed by atoms with Crippen molar-refractivity contribution in [3.8, 4) is 17.6 Å². The summed E-state index contributed by atoms with van der Waals surface area (Å²) in [5.74, 6) is 1.13. The molecule has 5 heteroatoms. The Morgan fingerprint density at radius 3 is 2.76 bits per heavy atom. The van der Waals surface area contributed by atoms with Crippen LogP contribution >= 0.6 is 0 Å². The van der Waals surface area contributed by atoms with Crippen molar-refractivity contribution < 1.29 is 4.74 Å². The molecule has 17 heavy (non-hydrogen) atoms. The van der Waals surface area contributed by atoms with Crippen LogP contribution in [0.4, 0.5) is 0 Å². The van der Waals surface area contributed by atoms with Gasteiger partial charge in [0.2, 0.25) is 0 Å². The summed E-state index contributed by atoms with van der Waals surface area (Å²) in [7, 11) is 1.85. The second kappa shape index (κ2) is 4.26. The third-order valence-corrected chi connectivity index (χ3v) is 2.53. The molecule has 0 saturated carbocycles. The largest absolute Gasteiger partial charge is 0.450 e. The molecule has 2 rings (SSSR count). The average molecular weight is 228 g/mol. The minimum Gasteiger partial charge on any atom is -0.450 e. The lowest BCUT2D eigenvalue weighted by atomic mass is 10.3. The smallest absolute Gasteiger partial charge is 0.183 e. The molecule has 2 aromatic rings. The topological polar surface area (TPSA) is 63.7 Å². The van der Waals surface area contributed by atoms with E-state index >= 15 is 0 Å². The van der Waals surface area contributed by atoms with E-state index in [0.29, 0.717) is 11.5 Å². The fraction of sp³-hybridized carbons (Fsp3) is 0.250. The van der Waals surface area contributed by atoms with Gasteiger partial charge >= 0.3 is 0 Å². The van der Waals surface area contributed by atoms with Gasteiger partial charge in [-0.2, -0.15) is 10.4 Å². The lowest BCUT2D eigenvalue weighted by Crippen LogP contribution is -1.94. The molecule has 0 spiro atoms. The molecule has 0 radical (unpaired) electrons. The van der Waals surface area contributed by atoms with Crippen molar-refractivity contribution in [3.63, 3.8) is 0 Å². The summed E-state index contributed by atoms with van der Waals surface area (Å²) < 4.78 is 7.46. The maximum Gasteiger partial charge on any atom is 0.183 e. The van der Waals surface area contributed by atoms with Crippen LogP contribution in [0, 0.1) is 25.2 Å². The van der Waals surface area contributed by atoms with Crippen LogP contribution in [0.5, 0.6) is 11.5 Å². The van der Waals surface area contributed by atoms with Gasteiger partial charge < -0.3 is 4.74 Å². The maximum atomic E-state index is 8.93. The number of nitriles is 1. The first-order chi connectivity index (χ1) is 8.13. The molecular weight excluding hydrogens is 216 g/mol. The summed E-state index contributed by atoms with van der Waals surface area (Å²) in [4.78, 5) is 3.95. The molecule has 0 saturated heterocycles. The van der Waals surface area contributed by atoms with Gasteiger partial charge in [0, 0.05) is 13.2 Å². The molecule has 86 valence electrons. The quantitative estimate of drug-likeness (QED) is 0.789. The van der Waals surface area contributed by atoms with E-state index in [1.165, 1.54) is 0 Å². The van der Waals surface area contributed by atoms with E-state index in [2.05, 4.69) is 10.1 Å². The van der Waals surface area contributed by atoms with Crippen molar-refractivity contribution in [2.45, 2.75) is 13.8 Å². The molecular formula is C12H12N4O. The first-order valence-electron chi connectivity index (χ1n) is 5.16. The Morgan fingerprint density at radius 2 is 2.18 bits per heavy atom. The van der Waals surface area contributed by atoms with E-state index in [4.69, 9.17) is 10.00 Å². The fourth-order valence-electron chi connectivity index (χ4n) is 1.57. The normalized spacial score (nSPS) is 10.0. The van der Waals surface area contributed by atoms with E-state index in [9.17, 15) is 0 Å². The minimum absolute atomic E-state index is 0.273.